The minimum absolute atomic E-state index is 0.0661. The highest BCUT2D eigenvalue weighted by molar-refractivity contribution is 7.13. The molecule has 110 valence electrons. The molecule has 0 unspecified atom stereocenters. The molecule has 5 nitrogen and oxygen atoms in total. The van der Waals surface area contributed by atoms with E-state index in [1.165, 1.54) is 0 Å². The predicted octanol–water partition coefficient (Wildman–Crippen LogP) is 2.98. The van der Waals surface area contributed by atoms with E-state index in [1.807, 2.05) is 35.9 Å². The Morgan fingerprint density at radius 3 is 2.95 bits per heavy atom. The Hall–Kier alpha value is -1.70. The van der Waals surface area contributed by atoms with Gasteiger partial charge in [0.05, 0.1) is 24.6 Å². The number of aliphatic hydroxyl groups is 1. The van der Waals surface area contributed by atoms with Crippen LogP contribution in [0.1, 0.15) is 10.7 Å². The molecule has 21 heavy (non-hydrogen) atoms. The van der Waals surface area contributed by atoms with Gasteiger partial charge in [-0.1, -0.05) is 6.07 Å². The first kappa shape index (κ1) is 14.2. The normalized spacial score (nSPS) is 11.0. The predicted molar refractivity (Wildman–Crippen MR) is 86.8 cm³/mol. The largest absolute Gasteiger partial charge is 0.394 e. The van der Waals surface area contributed by atoms with Crippen LogP contribution in [-0.2, 0) is 13.1 Å². The van der Waals surface area contributed by atoms with Crippen LogP contribution in [-0.4, -0.2) is 26.5 Å². The molecule has 0 radical (unpaired) electrons. The van der Waals surface area contributed by atoms with Gasteiger partial charge in [-0.25, -0.2) is 9.67 Å². The Bertz CT molecular complexity index is 702. The van der Waals surface area contributed by atoms with Crippen molar-refractivity contribution in [3.05, 3.63) is 39.7 Å². The van der Waals surface area contributed by atoms with Gasteiger partial charge < -0.3 is 10.4 Å². The lowest BCUT2D eigenvalue weighted by atomic mass is 10.3. The van der Waals surface area contributed by atoms with Gasteiger partial charge in [-0.3, -0.25) is 0 Å². The van der Waals surface area contributed by atoms with Crippen LogP contribution in [0.3, 0.4) is 0 Å². The van der Waals surface area contributed by atoms with Gasteiger partial charge in [-0.05, 0) is 18.4 Å². The van der Waals surface area contributed by atoms with E-state index in [-0.39, 0.29) is 6.61 Å². The van der Waals surface area contributed by atoms with E-state index in [2.05, 4.69) is 15.4 Å². The van der Waals surface area contributed by atoms with Crippen LogP contribution in [0.4, 0.5) is 5.82 Å². The van der Waals surface area contributed by atoms with E-state index in [0.717, 1.165) is 27.1 Å². The second-order valence-electron chi connectivity index (χ2n) is 4.58. The number of aryl methyl sites for hydroxylation is 1. The zero-order chi connectivity index (χ0) is 14.7. The minimum atomic E-state index is 0.0661. The number of anilines is 1. The smallest absolute Gasteiger partial charge is 0.125 e. The molecule has 0 aliphatic carbocycles. The van der Waals surface area contributed by atoms with Crippen molar-refractivity contribution in [3.8, 4) is 10.6 Å². The fourth-order valence-electron chi connectivity index (χ4n) is 2.02. The van der Waals surface area contributed by atoms with Crippen LogP contribution >= 0.6 is 22.7 Å². The van der Waals surface area contributed by atoms with Crippen molar-refractivity contribution in [1.29, 1.82) is 0 Å². The van der Waals surface area contributed by atoms with Crippen molar-refractivity contribution in [3.63, 3.8) is 0 Å². The van der Waals surface area contributed by atoms with E-state index >= 15 is 0 Å². The number of aliphatic hydroxyl groups excluding tert-OH is 1. The third-order valence-corrected chi connectivity index (χ3v) is 4.81. The molecule has 2 N–H and O–H groups in total. The van der Waals surface area contributed by atoms with Crippen molar-refractivity contribution >= 4 is 28.5 Å². The molecular weight excluding hydrogens is 304 g/mol. The SMILES string of the molecule is Cc1csc(CNc2cc(-c3cccs3)nn2CCO)n1. The van der Waals surface area contributed by atoms with Crippen LogP contribution in [0.25, 0.3) is 10.6 Å². The minimum Gasteiger partial charge on any atom is -0.394 e. The third kappa shape index (κ3) is 3.31. The number of thiazole rings is 1. The highest BCUT2D eigenvalue weighted by Crippen LogP contribution is 2.26. The van der Waals surface area contributed by atoms with Crippen molar-refractivity contribution in [2.24, 2.45) is 0 Å². The molecule has 0 saturated carbocycles. The highest BCUT2D eigenvalue weighted by atomic mass is 32.1. The van der Waals surface area contributed by atoms with E-state index in [0.29, 0.717) is 13.1 Å². The Labute approximate surface area is 130 Å². The molecule has 0 bridgehead atoms. The Balaban J connectivity index is 1.79. The van der Waals surface area contributed by atoms with Gasteiger partial charge in [0.15, 0.2) is 0 Å². The second kappa shape index (κ2) is 6.38. The van der Waals surface area contributed by atoms with Gasteiger partial charge in [0.25, 0.3) is 0 Å². The maximum absolute atomic E-state index is 9.18. The summed E-state index contributed by atoms with van der Waals surface area (Å²) in [5.41, 5.74) is 1.97. The molecular formula is C14H16N4OS2. The van der Waals surface area contributed by atoms with E-state index < -0.39 is 0 Å². The first-order valence-corrected chi connectivity index (χ1v) is 8.39. The first-order chi connectivity index (χ1) is 10.3. The van der Waals surface area contributed by atoms with E-state index in [9.17, 15) is 5.11 Å². The molecule has 3 rings (SSSR count). The molecule has 3 aromatic heterocycles. The van der Waals surface area contributed by atoms with Gasteiger partial charge in [0.1, 0.15) is 16.5 Å². The summed E-state index contributed by atoms with van der Waals surface area (Å²) in [5.74, 6) is 0.903. The summed E-state index contributed by atoms with van der Waals surface area (Å²) in [6.07, 6.45) is 0. The Morgan fingerprint density at radius 1 is 1.38 bits per heavy atom. The topological polar surface area (TPSA) is 63.0 Å². The average Bonchev–Trinajstić information content (AvgIpc) is 3.17. The summed E-state index contributed by atoms with van der Waals surface area (Å²) in [6.45, 7) is 3.20. The molecule has 0 amide bonds. The van der Waals surface area contributed by atoms with Gasteiger partial charge in [-0.2, -0.15) is 5.10 Å². The lowest BCUT2D eigenvalue weighted by molar-refractivity contribution is 0.270. The van der Waals surface area contributed by atoms with Crippen LogP contribution < -0.4 is 5.32 Å². The summed E-state index contributed by atoms with van der Waals surface area (Å²) in [5, 5.41) is 22.2. The number of nitrogens with zero attached hydrogens (tertiary/aromatic N) is 3. The van der Waals surface area contributed by atoms with Crippen LogP contribution in [0, 0.1) is 6.92 Å². The molecule has 0 aliphatic heterocycles. The Morgan fingerprint density at radius 2 is 2.29 bits per heavy atom. The summed E-state index contributed by atoms with van der Waals surface area (Å²) in [4.78, 5) is 5.56. The lowest BCUT2D eigenvalue weighted by Gasteiger charge is -2.06. The first-order valence-electron chi connectivity index (χ1n) is 6.64. The van der Waals surface area contributed by atoms with Crippen LogP contribution in [0.5, 0.6) is 0 Å². The molecule has 3 heterocycles. The van der Waals surface area contributed by atoms with Gasteiger partial charge in [0, 0.05) is 17.1 Å². The molecule has 7 heteroatoms. The van der Waals surface area contributed by atoms with Gasteiger partial charge >= 0.3 is 0 Å². The second-order valence-corrected chi connectivity index (χ2v) is 6.47. The number of thiophene rings is 1. The van der Waals surface area contributed by atoms with Crippen molar-refractivity contribution in [2.45, 2.75) is 20.0 Å². The van der Waals surface area contributed by atoms with Crippen LogP contribution in [0.15, 0.2) is 29.0 Å². The van der Waals surface area contributed by atoms with Crippen LogP contribution in [0.2, 0.25) is 0 Å². The number of nitrogens with one attached hydrogen (secondary N) is 1. The molecule has 0 saturated heterocycles. The fraction of sp³-hybridized carbons (Fsp3) is 0.286. The lowest BCUT2D eigenvalue weighted by Crippen LogP contribution is -2.10. The average molecular weight is 320 g/mol. The molecule has 3 aromatic rings. The summed E-state index contributed by atoms with van der Waals surface area (Å²) in [7, 11) is 0. The van der Waals surface area contributed by atoms with E-state index in [4.69, 9.17) is 0 Å². The monoisotopic (exact) mass is 320 g/mol. The van der Waals surface area contributed by atoms with Gasteiger partial charge in [0.2, 0.25) is 0 Å². The number of hydrogen-bond acceptors (Lipinski definition) is 6. The van der Waals surface area contributed by atoms with Gasteiger partial charge in [-0.15, -0.1) is 22.7 Å². The molecule has 0 aromatic carbocycles. The molecule has 0 aliphatic rings. The zero-order valence-corrected chi connectivity index (χ0v) is 13.2. The number of hydrogen-bond donors (Lipinski definition) is 2. The standard InChI is InChI=1S/C14H16N4OS2/c1-10-9-21-14(16-10)8-15-13-7-11(12-3-2-6-20-12)17-18(13)4-5-19/h2-3,6-7,9,15,19H,4-5,8H2,1H3. The summed E-state index contributed by atoms with van der Waals surface area (Å²) in [6, 6.07) is 6.07. The zero-order valence-electron chi connectivity index (χ0n) is 11.6. The van der Waals surface area contributed by atoms with Crippen molar-refractivity contribution in [2.75, 3.05) is 11.9 Å². The van der Waals surface area contributed by atoms with E-state index in [1.54, 1.807) is 27.4 Å². The molecule has 0 atom stereocenters. The Kier molecular flexibility index (Phi) is 4.33. The molecule has 0 spiro atoms. The number of rotatable bonds is 6. The maximum atomic E-state index is 9.18. The third-order valence-electron chi connectivity index (χ3n) is 2.95. The van der Waals surface area contributed by atoms with Crippen molar-refractivity contribution < 1.29 is 5.11 Å². The quantitative estimate of drug-likeness (QED) is 0.733. The van der Waals surface area contributed by atoms with Crippen molar-refractivity contribution in [1.82, 2.24) is 14.8 Å². The summed E-state index contributed by atoms with van der Waals surface area (Å²) >= 11 is 3.30. The molecule has 0 fully saturated rings. The summed E-state index contributed by atoms with van der Waals surface area (Å²) < 4.78 is 1.80. The maximum Gasteiger partial charge on any atom is 0.125 e. The highest BCUT2D eigenvalue weighted by Gasteiger charge is 2.10. The fourth-order valence-corrected chi connectivity index (χ4v) is 3.41. The number of aromatic nitrogens is 3.